The number of hydrogen-bond acceptors (Lipinski definition) is 3. The molecule has 0 spiro atoms. The van der Waals surface area contributed by atoms with E-state index < -0.39 is 10.0 Å². The first-order valence-electron chi connectivity index (χ1n) is 8.74. The molecule has 0 unspecified atom stereocenters. The molecular formula is C20H26N2O3S. The topological polar surface area (TPSA) is 75.3 Å². The summed E-state index contributed by atoms with van der Waals surface area (Å²) in [7, 11) is -3.79. The van der Waals surface area contributed by atoms with Gasteiger partial charge < -0.3 is 5.32 Å². The van der Waals surface area contributed by atoms with Crippen LogP contribution in [-0.2, 0) is 10.0 Å². The van der Waals surface area contributed by atoms with Gasteiger partial charge in [0.2, 0.25) is 0 Å². The van der Waals surface area contributed by atoms with Crippen LogP contribution in [-0.4, -0.2) is 20.4 Å². The maximum atomic E-state index is 12.8. The molecule has 26 heavy (non-hydrogen) atoms. The van der Waals surface area contributed by atoms with Crippen LogP contribution in [0.5, 0.6) is 0 Å². The lowest BCUT2D eigenvalue weighted by molar-refractivity contribution is 0.0938. The summed E-state index contributed by atoms with van der Waals surface area (Å²) in [5.41, 5.74) is 2.28. The SMILES string of the molecule is CCC[C@@H](C)NC(=O)c1ccc(C)c(S(=O)(=O)Nc2ccccc2C)c1. The molecule has 0 fully saturated rings. The number of rotatable bonds is 7. The Hall–Kier alpha value is -2.34. The third kappa shape index (κ3) is 4.85. The summed E-state index contributed by atoms with van der Waals surface area (Å²) in [6, 6.07) is 12.0. The van der Waals surface area contributed by atoms with Crippen molar-refractivity contribution >= 4 is 21.6 Å². The van der Waals surface area contributed by atoms with Gasteiger partial charge in [0.05, 0.1) is 10.6 Å². The summed E-state index contributed by atoms with van der Waals surface area (Å²) in [4.78, 5) is 12.5. The van der Waals surface area contributed by atoms with Crippen LogP contribution in [0.15, 0.2) is 47.4 Å². The predicted molar refractivity (Wildman–Crippen MR) is 105 cm³/mol. The molecule has 0 aromatic heterocycles. The molecule has 0 bridgehead atoms. The second kappa shape index (κ2) is 8.36. The molecule has 0 aliphatic heterocycles. The minimum Gasteiger partial charge on any atom is -0.350 e. The molecule has 6 heteroatoms. The summed E-state index contributed by atoms with van der Waals surface area (Å²) in [6.07, 6.45) is 1.84. The van der Waals surface area contributed by atoms with Crippen LogP contribution in [0.4, 0.5) is 5.69 Å². The number of benzene rings is 2. The van der Waals surface area contributed by atoms with Gasteiger partial charge in [0.25, 0.3) is 15.9 Å². The normalized spacial score (nSPS) is 12.5. The lowest BCUT2D eigenvalue weighted by atomic mass is 10.1. The van der Waals surface area contributed by atoms with Crippen molar-refractivity contribution in [2.24, 2.45) is 0 Å². The quantitative estimate of drug-likeness (QED) is 0.768. The van der Waals surface area contributed by atoms with Crippen molar-refractivity contribution in [2.45, 2.75) is 51.5 Å². The molecule has 2 aromatic carbocycles. The number of para-hydroxylation sites is 1. The Labute approximate surface area is 155 Å². The van der Waals surface area contributed by atoms with Crippen LogP contribution in [0.25, 0.3) is 0 Å². The molecule has 0 aliphatic rings. The van der Waals surface area contributed by atoms with Crippen molar-refractivity contribution in [3.63, 3.8) is 0 Å². The average molecular weight is 375 g/mol. The number of aryl methyl sites for hydroxylation is 2. The predicted octanol–water partition coefficient (Wildman–Crippen LogP) is 4.02. The Bertz CT molecular complexity index is 892. The van der Waals surface area contributed by atoms with E-state index in [4.69, 9.17) is 0 Å². The Balaban J connectivity index is 2.31. The Kier molecular flexibility index (Phi) is 6.42. The monoisotopic (exact) mass is 374 g/mol. The van der Waals surface area contributed by atoms with Crippen LogP contribution in [0.3, 0.4) is 0 Å². The van der Waals surface area contributed by atoms with E-state index in [0.29, 0.717) is 16.8 Å². The minimum absolute atomic E-state index is 0.0407. The zero-order valence-corrected chi connectivity index (χ0v) is 16.5. The first-order valence-corrected chi connectivity index (χ1v) is 10.2. The standard InChI is InChI=1S/C20H26N2O3S/c1-5-8-16(4)21-20(23)17-12-11-15(3)19(13-17)26(24,25)22-18-10-7-6-9-14(18)2/h6-7,9-13,16,22H,5,8H2,1-4H3,(H,21,23)/t16-/m1/s1. The first-order chi connectivity index (χ1) is 12.2. The highest BCUT2D eigenvalue weighted by Crippen LogP contribution is 2.22. The van der Waals surface area contributed by atoms with Gasteiger partial charge in [-0.3, -0.25) is 9.52 Å². The van der Waals surface area contributed by atoms with Gasteiger partial charge in [0, 0.05) is 11.6 Å². The number of carbonyl (C=O) groups is 1. The molecule has 140 valence electrons. The van der Waals surface area contributed by atoms with Crippen LogP contribution in [0, 0.1) is 13.8 Å². The molecule has 0 saturated carbocycles. The second-order valence-electron chi connectivity index (χ2n) is 6.56. The maximum Gasteiger partial charge on any atom is 0.262 e. The van der Waals surface area contributed by atoms with Crippen molar-refractivity contribution < 1.29 is 13.2 Å². The molecule has 1 atom stereocenters. The van der Waals surface area contributed by atoms with Crippen molar-refractivity contribution in [3.8, 4) is 0 Å². The molecule has 0 radical (unpaired) electrons. The van der Waals surface area contributed by atoms with E-state index in [1.165, 1.54) is 6.07 Å². The molecule has 2 aromatic rings. The summed E-state index contributed by atoms with van der Waals surface area (Å²) in [5.74, 6) is -0.265. The van der Waals surface area contributed by atoms with Crippen LogP contribution in [0.2, 0.25) is 0 Å². The molecular weight excluding hydrogens is 348 g/mol. The molecule has 5 nitrogen and oxygen atoms in total. The molecule has 0 heterocycles. The highest BCUT2D eigenvalue weighted by atomic mass is 32.2. The molecule has 2 rings (SSSR count). The third-order valence-electron chi connectivity index (χ3n) is 4.23. The van der Waals surface area contributed by atoms with Gasteiger partial charge in [-0.25, -0.2) is 8.42 Å². The van der Waals surface area contributed by atoms with E-state index >= 15 is 0 Å². The minimum atomic E-state index is -3.79. The van der Waals surface area contributed by atoms with Gasteiger partial charge in [-0.15, -0.1) is 0 Å². The number of hydrogen-bond donors (Lipinski definition) is 2. The largest absolute Gasteiger partial charge is 0.350 e. The maximum absolute atomic E-state index is 12.8. The van der Waals surface area contributed by atoms with Crippen molar-refractivity contribution in [2.75, 3.05) is 4.72 Å². The van der Waals surface area contributed by atoms with Gasteiger partial charge in [-0.1, -0.05) is 37.6 Å². The van der Waals surface area contributed by atoms with E-state index in [-0.39, 0.29) is 16.8 Å². The van der Waals surface area contributed by atoms with Crippen LogP contribution < -0.4 is 10.0 Å². The van der Waals surface area contributed by atoms with Crippen molar-refractivity contribution in [1.82, 2.24) is 5.32 Å². The summed E-state index contributed by atoms with van der Waals surface area (Å²) >= 11 is 0. The molecule has 0 saturated heterocycles. The zero-order valence-electron chi connectivity index (χ0n) is 15.7. The van der Waals surface area contributed by atoms with Gasteiger partial charge in [0.1, 0.15) is 0 Å². The Morgan fingerprint density at radius 2 is 1.77 bits per heavy atom. The Morgan fingerprint density at radius 3 is 2.42 bits per heavy atom. The van der Waals surface area contributed by atoms with E-state index in [1.54, 1.807) is 31.2 Å². The highest BCUT2D eigenvalue weighted by molar-refractivity contribution is 7.92. The number of sulfonamides is 1. The smallest absolute Gasteiger partial charge is 0.262 e. The van der Waals surface area contributed by atoms with E-state index in [0.717, 1.165) is 18.4 Å². The van der Waals surface area contributed by atoms with Gasteiger partial charge in [0.15, 0.2) is 0 Å². The fourth-order valence-electron chi connectivity index (χ4n) is 2.73. The Morgan fingerprint density at radius 1 is 1.08 bits per heavy atom. The summed E-state index contributed by atoms with van der Waals surface area (Å²) in [6.45, 7) is 7.54. The second-order valence-corrected chi connectivity index (χ2v) is 8.21. The first kappa shape index (κ1) is 20.0. The molecule has 0 aliphatic carbocycles. The van der Waals surface area contributed by atoms with E-state index in [1.807, 2.05) is 26.0 Å². The summed E-state index contributed by atoms with van der Waals surface area (Å²) < 4.78 is 28.3. The fourth-order valence-corrected chi connectivity index (χ4v) is 4.13. The van der Waals surface area contributed by atoms with Gasteiger partial charge >= 0.3 is 0 Å². The van der Waals surface area contributed by atoms with E-state index in [2.05, 4.69) is 17.0 Å². The van der Waals surface area contributed by atoms with Crippen LogP contribution in [0.1, 0.15) is 48.2 Å². The van der Waals surface area contributed by atoms with Gasteiger partial charge in [-0.2, -0.15) is 0 Å². The number of amides is 1. The third-order valence-corrected chi connectivity index (χ3v) is 5.74. The molecule has 2 N–H and O–H groups in total. The zero-order chi connectivity index (χ0) is 19.3. The lowest BCUT2D eigenvalue weighted by Gasteiger charge is -2.15. The lowest BCUT2D eigenvalue weighted by Crippen LogP contribution is -2.32. The molecule has 1 amide bonds. The van der Waals surface area contributed by atoms with Gasteiger partial charge in [-0.05, 0) is 56.5 Å². The van der Waals surface area contributed by atoms with E-state index in [9.17, 15) is 13.2 Å². The number of anilines is 1. The number of carbonyl (C=O) groups excluding carboxylic acids is 1. The number of nitrogens with one attached hydrogen (secondary N) is 2. The van der Waals surface area contributed by atoms with Crippen LogP contribution >= 0.6 is 0 Å². The average Bonchev–Trinajstić information content (AvgIpc) is 2.57. The van der Waals surface area contributed by atoms with Crippen molar-refractivity contribution in [1.29, 1.82) is 0 Å². The fraction of sp³-hybridized carbons (Fsp3) is 0.350. The highest BCUT2D eigenvalue weighted by Gasteiger charge is 2.20. The van der Waals surface area contributed by atoms with Crippen molar-refractivity contribution in [3.05, 3.63) is 59.2 Å². The summed E-state index contributed by atoms with van der Waals surface area (Å²) in [5, 5.41) is 2.90.